The van der Waals surface area contributed by atoms with Gasteiger partial charge in [0.2, 0.25) is 0 Å². The molecule has 0 radical (unpaired) electrons. The number of nitrogens with two attached hydrogens (primary N) is 4. The van der Waals surface area contributed by atoms with Crippen LogP contribution in [0.5, 0.6) is 0 Å². The molecule has 6 atom stereocenters. The molecule has 13 heteroatoms. The average molecular weight is 460 g/mol. The summed E-state index contributed by atoms with van der Waals surface area (Å²) in [5.74, 6) is 1.64. The number of carbonyl (C=O) groups is 1. The molecular formula is C15H25N8O4Se+. The number of hydrogen-bond acceptors (Lipinski definition) is 10. The molecule has 0 saturated carbocycles. The van der Waals surface area contributed by atoms with E-state index >= 15 is 0 Å². The van der Waals surface area contributed by atoms with Crippen LogP contribution in [0.1, 0.15) is 12.6 Å². The monoisotopic (exact) mass is 461 g/mol. The van der Waals surface area contributed by atoms with Crippen LogP contribution in [0.4, 0.5) is 11.8 Å². The number of anilines is 2. The maximum absolute atomic E-state index is 11.1. The van der Waals surface area contributed by atoms with Gasteiger partial charge in [0.1, 0.15) is 0 Å². The summed E-state index contributed by atoms with van der Waals surface area (Å²) in [6.45, 7) is 0. The van der Waals surface area contributed by atoms with Gasteiger partial charge in [-0.25, -0.2) is 0 Å². The molecule has 1 fully saturated rings. The fourth-order valence-electron chi connectivity index (χ4n) is 3.07. The van der Waals surface area contributed by atoms with Gasteiger partial charge in [-0.2, -0.15) is 0 Å². The van der Waals surface area contributed by atoms with Crippen molar-refractivity contribution in [3.05, 3.63) is 6.33 Å². The van der Waals surface area contributed by atoms with Crippen LogP contribution >= 0.6 is 0 Å². The number of primary amides is 1. The predicted octanol–water partition coefficient (Wildman–Crippen LogP) is -2.06. The number of aliphatic hydroxyl groups is 2. The van der Waals surface area contributed by atoms with Crippen LogP contribution in [0.3, 0.4) is 0 Å². The standard InChI is InChI=1S/C15H24N8O4Se/c1-28(3-2-6(16)12(18)26)4-7-9(24)10(25)14(27-7)23-5-20-8-11(17)21-15(19)22-13(8)23/h5-7,9-10,14,24-25H,2-4,16H2,1H3,(H5-,17,18,19,21,22,26)/p+1/t6?,7-,9-,10-,14-,28?/m1/s1. The Morgan fingerprint density at radius 1 is 1.36 bits per heavy atom. The Hall–Kier alpha value is -2.02. The average Bonchev–Trinajstić information content (AvgIpc) is 3.16. The van der Waals surface area contributed by atoms with E-state index in [1.165, 1.54) is 10.9 Å². The fourth-order valence-corrected chi connectivity index (χ4v) is 6.55. The first-order valence-electron chi connectivity index (χ1n) is 8.60. The molecule has 1 aliphatic heterocycles. The van der Waals surface area contributed by atoms with E-state index in [9.17, 15) is 15.0 Å². The summed E-state index contributed by atoms with van der Waals surface area (Å²) in [4.78, 5) is 23.2. The predicted molar refractivity (Wildman–Crippen MR) is 103 cm³/mol. The summed E-state index contributed by atoms with van der Waals surface area (Å²) >= 11 is -1.22. The zero-order chi connectivity index (χ0) is 20.6. The van der Waals surface area contributed by atoms with Crippen molar-refractivity contribution in [1.29, 1.82) is 0 Å². The molecule has 0 bridgehead atoms. The zero-order valence-electron chi connectivity index (χ0n) is 15.3. The Morgan fingerprint density at radius 2 is 2.07 bits per heavy atom. The Morgan fingerprint density at radius 3 is 2.75 bits per heavy atom. The van der Waals surface area contributed by atoms with Crippen molar-refractivity contribution in [3.63, 3.8) is 0 Å². The van der Waals surface area contributed by atoms with Crippen LogP contribution in [-0.2, 0) is 9.53 Å². The third kappa shape index (κ3) is 4.04. The van der Waals surface area contributed by atoms with Crippen molar-refractivity contribution < 1.29 is 19.7 Å². The van der Waals surface area contributed by atoms with Crippen LogP contribution in [-0.4, -0.2) is 73.9 Å². The first kappa shape index (κ1) is 20.7. The summed E-state index contributed by atoms with van der Waals surface area (Å²) in [5.41, 5.74) is 23.0. The van der Waals surface area contributed by atoms with Crippen molar-refractivity contribution in [2.75, 3.05) is 11.5 Å². The molecule has 2 aromatic heterocycles. The molecule has 0 aromatic carbocycles. The molecule has 3 rings (SSSR count). The van der Waals surface area contributed by atoms with Crippen molar-refractivity contribution in [1.82, 2.24) is 19.5 Å². The summed E-state index contributed by atoms with van der Waals surface area (Å²) in [7, 11) is 0. The van der Waals surface area contributed by atoms with Gasteiger partial charge in [0, 0.05) is 0 Å². The molecule has 10 N–H and O–H groups in total. The minimum absolute atomic E-state index is 0.0255. The van der Waals surface area contributed by atoms with Gasteiger partial charge in [0.25, 0.3) is 0 Å². The second-order valence-corrected chi connectivity index (χ2v) is 11.6. The van der Waals surface area contributed by atoms with Gasteiger partial charge < -0.3 is 0 Å². The van der Waals surface area contributed by atoms with E-state index in [2.05, 4.69) is 20.8 Å². The van der Waals surface area contributed by atoms with Gasteiger partial charge in [0.15, 0.2) is 0 Å². The van der Waals surface area contributed by atoms with Crippen LogP contribution in [0.15, 0.2) is 6.33 Å². The Kier molecular flexibility index (Phi) is 6.03. The van der Waals surface area contributed by atoms with Crippen molar-refractivity contribution in [3.8, 4) is 0 Å². The van der Waals surface area contributed by atoms with Gasteiger partial charge >= 0.3 is 165 Å². The molecule has 1 amide bonds. The third-order valence-electron chi connectivity index (χ3n) is 4.67. The summed E-state index contributed by atoms with van der Waals surface area (Å²) in [6, 6.07) is -0.674. The SMILES string of the molecule is C[Se+](CCC(N)C(N)=O)C[C@H]1O[C@@H](n2cnc3c(N)nc(N)nc32)[C@H](O)[C@@H]1O. The number of nitrogen functional groups attached to an aromatic ring is 2. The summed E-state index contributed by atoms with van der Waals surface area (Å²) in [5, 5.41) is 22.3. The van der Waals surface area contributed by atoms with Crippen LogP contribution in [0.2, 0.25) is 16.5 Å². The molecule has 2 aromatic rings. The van der Waals surface area contributed by atoms with Crippen LogP contribution in [0, 0.1) is 0 Å². The van der Waals surface area contributed by atoms with E-state index in [0.717, 1.165) is 5.32 Å². The van der Waals surface area contributed by atoms with Crippen LogP contribution in [0.25, 0.3) is 11.2 Å². The van der Waals surface area contributed by atoms with Gasteiger partial charge in [-0.1, -0.05) is 0 Å². The number of aliphatic hydroxyl groups excluding tert-OH is 2. The Labute approximate surface area is 165 Å². The van der Waals surface area contributed by atoms with Gasteiger partial charge in [-0.05, 0) is 0 Å². The number of amides is 1. The number of rotatable bonds is 7. The third-order valence-corrected chi connectivity index (χ3v) is 8.51. The van der Waals surface area contributed by atoms with Gasteiger partial charge in [-0.15, -0.1) is 0 Å². The molecule has 1 aliphatic rings. The van der Waals surface area contributed by atoms with Crippen LogP contribution < -0.4 is 22.9 Å². The van der Waals surface area contributed by atoms with Gasteiger partial charge in [0.05, 0.1) is 0 Å². The normalized spacial score (nSPS) is 27.1. The first-order valence-corrected chi connectivity index (χ1v) is 12.7. The number of carbonyl (C=O) groups excluding carboxylic acids is 1. The summed E-state index contributed by atoms with van der Waals surface area (Å²) in [6.07, 6.45) is -1.78. The summed E-state index contributed by atoms with van der Waals surface area (Å²) < 4.78 is 7.42. The first-order chi connectivity index (χ1) is 13.2. The molecule has 3 heterocycles. The van der Waals surface area contributed by atoms with E-state index < -0.39 is 50.4 Å². The number of fused-ring (bicyclic) bond motifs is 1. The van der Waals surface area contributed by atoms with E-state index in [0.29, 0.717) is 22.9 Å². The van der Waals surface area contributed by atoms with Crippen molar-refractivity contribution in [2.24, 2.45) is 11.5 Å². The number of hydrogen-bond donors (Lipinski definition) is 6. The van der Waals surface area contributed by atoms with Crippen molar-refractivity contribution >= 4 is 42.7 Å². The quantitative estimate of drug-likeness (QED) is 0.248. The number of aromatic nitrogens is 4. The zero-order valence-corrected chi connectivity index (χ0v) is 17.0. The molecule has 12 nitrogen and oxygen atoms in total. The molecule has 0 aliphatic carbocycles. The number of imidazole rings is 1. The molecule has 154 valence electrons. The van der Waals surface area contributed by atoms with E-state index in [1.807, 2.05) is 0 Å². The Balaban J connectivity index is 1.72. The second-order valence-electron chi connectivity index (χ2n) is 6.79. The molecule has 1 saturated heterocycles. The fraction of sp³-hybridized carbons (Fsp3) is 0.600. The minimum atomic E-state index is -1.22. The number of ether oxygens (including phenoxy) is 1. The molecule has 2 unspecified atom stereocenters. The maximum atomic E-state index is 11.1. The van der Waals surface area contributed by atoms with E-state index in [1.54, 1.807) is 0 Å². The molecule has 28 heavy (non-hydrogen) atoms. The van der Waals surface area contributed by atoms with E-state index in [-0.39, 0.29) is 11.8 Å². The number of nitrogens with zero attached hydrogens (tertiary/aromatic N) is 4. The molecular weight excluding hydrogens is 435 g/mol. The Bertz CT molecular complexity index is 864. The van der Waals surface area contributed by atoms with E-state index in [4.69, 9.17) is 27.7 Å². The van der Waals surface area contributed by atoms with Crippen molar-refractivity contribution in [2.45, 2.75) is 53.5 Å². The van der Waals surface area contributed by atoms with Gasteiger partial charge in [-0.3, -0.25) is 0 Å². The second kappa shape index (κ2) is 8.15. The topological polar surface area (TPSA) is 214 Å². The molecule has 0 spiro atoms.